The molecule has 2 amide bonds. The summed E-state index contributed by atoms with van der Waals surface area (Å²) in [5.41, 5.74) is 0. The van der Waals surface area contributed by atoms with Gasteiger partial charge in [-0.05, 0) is 12.8 Å². The molecule has 2 N–H and O–H groups in total. The number of piperazine rings is 1. The van der Waals surface area contributed by atoms with Gasteiger partial charge < -0.3 is 10.2 Å². The van der Waals surface area contributed by atoms with Crippen LogP contribution < -0.4 is 0 Å². The SMILES string of the molecule is C=C[C@H]1[C@@H]2CC[C@H](CN1C(=O)O)N2C(=O)O. The average molecular weight is 226 g/mol. The predicted molar refractivity (Wildman–Crippen MR) is 55.4 cm³/mol. The Bertz CT molecular complexity index is 344. The fourth-order valence-electron chi connectivity index (χ4n) is 2.77. The number of carboxylic acid groups (broad SMARTS) is 2. The molecular weight excluding hydrogens is 212 g/mol. The molecule has 0 aromatic heterocycles. The Kier molecular flexibility index (Phi) is 2.49. The number of amides is 2. The Morgan fingerprint density at radius 3 is 2.44 bits per heavy atom. The summed E-state index contributed by atoms with van der Waals surface area (Å²) in [6.45, 7) is 3.85. The largest absolute Gasteiger partial charge is 0.465 e. The second-order valence-corrected chi connectivity index (χ2v) is 4.15. The molecular formula is C10H14N2O4. The van der Waals surface area contributed by atoms with Crippen LogP contribution in [0.4, 0.5) is 9.59 Å². The second-order valence-electron chi connectivity index (χ2n) is 4.15. The van der Waals surface area contributed by atoms with E-state index in [2.05, 4.69) is 6.58 Å². The minimum atomic E-state index is -1.01. The first-order valence-corrected chi connectivity index (χ1v) is 5.19. The standard InChI is InChI=1S/C10H14N2O4/c1-2-7-8-4-3-6(12(8)10(15)16)5-11(7)9(13)14/h2,6-8H,1,3-5H2,(H,13,14)(H,15,16)/t6-,7+,8+/m1/s1. The number of nitrogens with zero attached hydrogens (tertiary/aromatic N) is 2. The summed E-state index contributed by atoms with van der Waals surface area (Å²) in [6.07, 6.45) is 0.981. The normalized spacial score (nSPS) is 32.6. The zero-order valence-electron chi connectivity index (χ0n) is 8.74. The van der Waals surface area contributed by atoms with Crippen LogP contribution in [-0.2, 0) is 0 Å². The lowest BCUT2D eigenvalue weighted by atomic mass is 10.0. The molecule has 0 spiro atoms. The van der Waals surface area contributed by atoms with E-state index >= 15 is 0 Å². The van der Waals surface area contributed by atoms with Crippen molar-refractivity contribution in [1.29, 1.82) is 0 Å². The van der Waals surface area contributed by atoms with Gasteiger partial charge in [0.15, 0.2) is 0 Å². The molecule has 2 rings (SSSR count). The number of hydrogen-bond acceptors (Lipinski definition) is 2. The van der Waals surface area contributed by atoms with Gasteiger partial charge in [-0.1, -0.05) is 6.08 Å². The van der Waals surface area contributed by atoms with Gasteiger partial charge in [-0.3, -0.25) is 9.80 Å². The molecule has 2 fully saturated rings. The highest BCUT2D eigenvalue weighted by atomic mass is 16.4. The fourth-order valence-corrected chi connectivity index (χ4v) is 2.77. The smallest absolute Gasteiger partial charge is 0.407 e. The van der Waals surface area contributed by atoms with E-state index in [1.807, 2.05) is 0 Å². The second kappa shape index (κ2) is 3.70. The van der Waals surface area contributed by atoms with Crippen molar-refractivity contribution in [2.45, 2.75) is 31.0 Å². The predicted octanol–water partition coefficient (Wildman–Crippen LogP) is 1.05. The van der Waals surface area contributed by atoms with E-state index in [4.69, 9.17) is 10.2 Å². The van der Waals surface area contributed by atoms with Crippen molar-refractivity contribution in [3.8, 4) is 0 Å². The van der Waals surface area contributed by atoms with Crippen LogP contribution in [0.15, 0.2) is 12.7 Å². The van der Waals surface area contributed by atoms with Crippen LogP contribution in [0.25, 0.3) is 0 Å². The van der Waals surface area contributed by atoms with E-state index in [-0.39, 0.29) is 18.6 Å². The maximum Gasteiger partial charge on any atom is 0.407 e. The van der Waals surface area contributed by atoms with Crippen LogP contribution in [0, 0.1) is 0 Å². The van der Waals surface area contributed by atoms with Gasteiger partial charge in [-0.2, -0.15) is 0 Å². The minimum absolute atomic E-state index is 0.199. The van der Waals surface area contributed by atoms with Crippen molar-refractivity contribution >= 4 is 12.2 Å². The van der Waals surface area contributed by atoms with E-state index in [9.17, 15) is 9.59 Å². The molecule has 0 aromatic carbocycles. The van der Waals surface area contributed by atoms with Gasteiger partial charge >= 0.3 is 12.2 Å². The number of carbonyl (C=O) groups is 2. The quantitative estimate of drug-likeness (QED) is 0.655. The van der Waals surface area contributed by atoms with Crippen molar-refractivity contribution in [2.24, 2.45) is 0 Å². The molecule has 6 nitrogen and oxygen atoms in total. The van der Waals surface area contributed by atoms with Crippen LogP contribution in [0.2, 0.25) is 0 Å². The fraction of sp³-hybridized carbons (Fsp3) is 0.600. The maximum absolute atomic E-state index is 11.1. The van der Waals surface area contributed by atoms with Gasteiger partial charge in [0.2, 0.25) is 0 Å². The van der Waals surface area contributed by atoms with E-state index < -0.39 is 18.2 Å². The molecule has 6 heteroatoms. The zero-order chi connectivity index (χ0) is 11.9. The maximum atomic E-state index is 11.1. The summed E-state index contributed by atoms with van der Waals surface area (Å²) in [7, 11) is 0. The van der Waals surface area contributed by atoms with E-state index in [1.54, 1.807) is 0 Å². The Labute approximate surface area is 92.8 Å². The molecule has 2 aliphatic heterocycles. The molecule has 2 bridgehead atoms. The molecule has 0 unspecified atom stereocenters. The summed E-state index contributed by atoms with van der Waals surface area (Å²) >= 11 is 0. The van der Waals surface area contributed by atoms with Crippen molar-refractivity contribution in [1.82, 2.24) is 9.80 Å². The number of rotatable bonds is 1. The molecule has 3 atom stereocenters. The van der Waals surface area contributed by atoms with Crippen molar-refractivity contribution in [3.05, 3.63) is 12.7 Å². The third kappa shape index (κ3) is 1.41. The monoisotopic (exact) mass is 226 g/mol. The number of fused-ring (bicyclic) bond motifs is 2. The summed E-state index contributed by atoms with van der Waals surface area (Å²) in [5.74, 6) is 0. The number of likely N-dealkylation sites (tertiary alicyclic amines) is 1. The van der Waals surface area contributed by atoms with Crippen LogP contribution in [0.5, 0.6) is 0 Å². The highest BCUT2D eigenvalue weighted by Gasteiger charge is 2.48. The Morgan fingerprint density at radius 1 is 1.25 bits per heavy atom. The molecule has 2 heterocycles. The molecule has 16 heavy (non-hydrogen) atoms. The summed E-state index contributed by atoms with van der Waals surface area (Å²) < 4.78 is 0. The van der Waals surface area contributed by atoms with Gasteiger partial charge in [-0.15, -0.1) is 6.58 Å². The van der Waals surface area contributed by atoms with Crippen LogP contribution in [-0.4, -0.2) is 56.9 Å². The van der Waals surface area contributed by atoms with E-state index in [0.717, 1.165) is 6.42 Å². The van der Waals surface area contributed by atoms with Crippen molar-refractivity contribution < 1.29 is 19.8 Å². The minimum Gasteiger partial charge on any atom is -0.465 e. The third-order valence-electron chi connectivity index (χ3n) is 3.42. The van der Waals surface area contributed by atoms with Crippen molar-refractivity contribution in [3.63, 3.8) is 0 Å². The zero-order valence-corrected chi connectivity index (χ0v) is 8.74. The van der Waals surface area contributed by atoms with Crippen LogP contribution in [0.1, 0.15) is 12.8 Å². The number of hydrogen-bond donors (Lipinski definition) is 2. The van der Waals surface area contributed by atoms with Crippen LogP contribution >= 0.6 is 0 Å². The molecule has 0 radical (unpaired) electrons. The Balaban J connectivity index is 2.28. The van der Waals surface area contributed by atoms with Gasteiger partial charge in [0.25, 0.3) is 0 Å². The highest BCUT2D eigenvalue weighted by molar-refractivity contribution is 5.70. The van der Waals surface area contributed by atoms with Gasteiger partial charge in [0.1, 0.15) is 0 Å². The molecule has 2 aliphatic rings. The first kappa shape index (κ1) is 10.8. The summed E-state index contributed by atoms with van der Waals surface area (Å²) in [4.78, 5) is 24.8. The summed E-state index contributed by atoms with van der Waals surface area (Å²) in [6, 6.07) is -0.896. The first-order valence-electron chi connectivity index (χ1n) is 5.19. The molecule has 0 aliphatic carbocycles. The van der Waals surface area contributed by atoms with E-state index in [1.165, 1.54) is 15.9 Å². The molecule has 88 valence electrons. The van der Waals surface area contributed by atoms with Crippen LogP contribution in [0.3, 0.4) is 0 Å². The Hall–Kier alpha value is -1.72. The van der Waals surface area contributed by atoms with Gasteiger partial charge in [0.05, 0.1) is 18.1 Å². The van der Waals surface area contributed by atoms with Gasteiger partial charge in [-0.25, -0.2) is 9.59 Å². The molecule has 0 saturated carbocycles. The average Bonchev–Trinajstić information content (AvgIpc) is 2.53. The third-order valence-corrected chi connectivity index (χ3v) is 3.42. The molecule has 0 aromatic rings. The van der Waals surface area contributed by atoms with Gasteiger partial charge in [0, 0.05) is 6.54 Å². The topological polar surface area (TPSA) is 81.1 Å². The van der Waals surface area contributed by atoms with Crippen molar-refractivity contribution in [2.75, 3.05) is 6.54 Å². The Morgan fingerprint density at radius 2 is 1.94 bits per heavy atom. The highest BCUT2D eigenvalue weighted by Crippen LogP contribution is 2.34. The first-order chi connectivity index (χ1) is 7.56. The van der Waals surface area contributed by atoms with E-state index in [0.29, 0.717) is 6.42 Å². The lowest BCUT2D eigenvalue weighted by Crippen LogP contribution is -2.61. The molecule has 2 saturated heterocycles. The summed E-state index contributed by atoms with van der Waals surface area (Å²) in [5, 5.41) is 18.1. The lowest BCUT2D eigenvalue weighted by Gasteiger charge is -2.43. The lowest BCUT2D eigenvalue weighted by molar-refractivity contribution is 0.0391.